The number of rotatable bonds is 4. The second-order valence-corrected chi connectivity index (χ2v) is 13.3. The van der Waals surface area contributed by atoms with Crippen LogP contribution in [0, 0.1) is 116 Å². The zero-order valence-electron chi connectivity index (χ0n) is 23.6. The Balaban J connectivity index is 0.00000154. The number of hydrogen-bond donors (Lipinski definition) is 0. The Kier molecular flexibility index (Phi) is 10.9. The van der Waals surface area contributed by atoms with E-state index in [1.165, 1.54) is 0 Å². The quantitative estimate of drug-likeness (QED) is 0.0896. The van der Waals surface area contributed by atoms with E-state index >= 15 is 35.1 Å². The highest BCUT2D eigenvalue weighted by atomic mass is 28.3. The highest BCUT2D eigenvalue weighted by Crippen LogP contribution is 2.30. The van der Waals surface area contributed by atoms with Crippen LogP contribution in [0.5, 0.6) is 0 Å². The van der Waals surface area contributed by atoms with Crippen molar-refractivity contribution in [2.75, 3.05) is 0 Å². The van der Waals surface area contributed by atoms with Gasteiger partial charge in [-0.25, -0.2) is 87.8 Å². The Labute approximate surface area is 261 Å². The maximum absolute atomic E-state index is 15.4. The molecule has 0 bridgehead atoms. The molecule has 0 aromatic heterocycles. The molecule has 0 spiro atoms. The van der Waals surface area contributed by atoms with Crippen LogP contribution in [0.1, 0.15) is 0 Å². The van der Waals surface area contributed by atoms with E-state index < -0.39 is 144 Å². The van der Waals surface area contributed by atoms with Gasteiger partial charge >= 0.3 is 8.80 Å². The molecule has 0 saturated heterocycles. The van der Waals surface area contributed by atoms with E-state index in [-0.39, 0.29) is 8.80 Å². The van der Waals surface area contributed by atoms with Gasteiger partial charge in [-0.15, -0.1) is 21.9 Å². The van der Waals surface area contributed by atoms with Crippen molar-refractivity contribution in [1.29, 1.82) is 0 Å². The first-order valence-electron chi connectivity index (χ1n) is 12.4. The molecule has 0 radical (unpaired) electrons. The Morgan fingerprint density at radius 3 is 0.408 bits per heavy atom. The predicted molar refractivity (Wildman–Crippen MR) is 133 cm³/mol. The first-order valence-corrected chi connectivity index (χ1v) is 15.4. The molecule has 0 heterocycles. The number of benzene rings is 4. The summed E-state index contributed by atoms with van der Waals surface area (Å²) in [5.74, 6) is -71.4. The lowest BCUT2D eigenvalue weighted by molar-refractivity contribution is 0.378. The molecule has 49 heavy (non-hydrogen) atoms. The van der Waals surface area contributed by atoms with Gasteiger partial charge < -0.3 is 0 Å². The number of halogens is 20. The fraction of sp³-hybridized carbons (Fsp3) is 0.111. The SMILES string of the molecule is C[Si+](C)C.Fc1c(F)c(F)c([B-](c2c(F)c(F)c(F)c(F)c2F)(c2c(F)c(F)c(F)c(F)c2F)c2c(F)c(F)c(F)c(F)c2F)c(F)c1F. The fourth-order valence-corrected chi connectivity index (χ4v) is 4.87. The molecule has 0 aliphatic rings. The summed E-state index contributed by atoms with van der Waals surface area (Å²) in [6, 6.07) is 0. The Bertz CT molecular complexity index is 1630. The van der Waals surface area contributed by atoms with Gasteiger partial charge in [0.25, 0.3) is 0 Å². The Morgan fingerprint density at radius 1 is 0.224 bits per heavy atom. The van der Waals surface area contributed by atoms with Crippen LogP contribution < -0.4 is 21.9 Å². The van der Waals surface area contributed by atoms with Crippen LogP contribution in [-0.2, 0) is 0 Å². The Hall–Kier alpha value is -4.24. The minimum absolute atomic E-state index is 0.120. The molecule has 4 aromatic rings. The van der Waals surface area contributed by atoms with Gasteiger partial charge in [0, 0.05) is 0 Å². The third kappa shape index (κ3) is 5.70. The number of hydrogen-bond acceptors (Lipinski definition) is 0. The molecular formula is C27H9BF20Si. The molecule has 22 heteroatoms. The third-order valence-electron chi connectivity index (χ3n) is 6.71. The molecule has 264 valence electrons. The van der Waals surface area contributed by atoms with E-state index in [4.69, 9.17) is 0 Å². The molecule has 0 unspecified atom stereocenters. The van der Waals surface area contributed by atoms with Gasteiger partial charge in [0.05, 0.1) is 19.6 Å². The highest BCUT2D eigenvalue weighted by molar-refractivity contribution is 7.20. The fourth-order valence-electron chi connectivity index (χ4n) is 4.87. The highest BCUT2D eigenvalue weighted by Gasteiger charge is 2.52. The molecule has 4 aromatic carbocycles. The van der Waals surface area contributed by atoms with E-state index in [2.05, 4.69) is 19.6 Å². The summed E-state index contributed by atoms with van der Waals surface area (Å²) < 4.78 is 294. The van der Waals surface area contributed by atoms with Gasteiger partial charge in [0.1, 0.15) is 52.7 Å². The smallest absolute Gasteiger partial charge is 0.207 e. The van der Waals surface area contributed by atoms with Crippen LogP contribution in [0.2, 0.25) is 19.6 Å². The molecule has 0 amide bonds. The Morgan fingerprint density at radius 2 is 0.306 bits per heavy atom. The zero-order valence-corrected chi connectivity index (χ0v) is 24.6. The van der Waals surface area contributed by atoms with Gasteiger partial charge in [-0.3, -0.25) is 0 Å². The molecule has 0 aliphatic carbocycles. The van der Waals surface area contributed by atoms with Crippen molar-refractivity contribution in [3.63, 3.8) is 0 Å². The van der Waals surface area contributed by atoms with Gasteiger partial charge in [0.2, 0.25) is 0 Å². The summed E-state index contributed by atoms with van der Waals surface area (Å²) in [4.78, 5) is 0. The second kappa shape index (κ2) is 13.6. The maximum atomic E-state index is 15.4. The molecule has 0 saturated carbocycles. The largest absolute Gasteiger partial charge is 0.304 e. The average Bonchev–Trinajstić information content (AvgIpc) is 3.04. The molecular weight excluding hydrogens is 743 g/mol. The normalized spacial score (nSPS) is 11.6. The van der Waals surface area contributed by atoms with Crippen molar-refractivity contribution < 1.29 is 87.8 Å². The molecule has 0 aliphatic heterocycles. The monoisotopic (exact) mass is 752 g/mol. The first kappa shape index (κ1) is 39.2. The molecule has 0 N–H and O–H groups in total. The zero-order chi connectivity index (χ0) is 37.9. The van der Waals surface area contributed by atoms with Crippen LogP contribution in [-0.4, -0.2) is 14.9 Å². The topological polar surface area (TPSA) is 0 Å². The lowest BCUT2D eigenvalue weighted by Crippen LogP contribution is -2.81. The van der Waals surface area contributed by atoms with Crippen LogP contribution in [0.15, 0.2) is 0 Å². The molecule has 0 fully saturated rings. The first-order chi connectivity index (χ1) is 22.4. The maximum Gasteiger partial charge on any atom is 0.304 e. The average molecular weight is 752 g/mol. The van der Waals surface area contributed by atoms with Gasteiger partial charge in [-0.1, -0.05) is 0 Å². The lowest BCUT2D eigenvalue weighted by atomic mass is 9.12. The summed E-state index contributed by atoms with van der Waals surface area (Å²) in [5.41, 5.74) is -14.3. The molecule has 0 atom stereocenters. The summed E-state index contributed by atoms with van der Waals surface area (Å²) in [7, 11) is 0.120. The minimum Gasteiger partial charge on any atom is -0.207 e. The summed E-state index contributed by atoms with van der Waals surface area (Å²) in [6.07, 6.45) is -7.22. The van der Waals surface area contributed by atoms with E-state index in [0.717, 1.165) is 0 Å². The second-order valence-electron chi connectivity index (χ2n) is 10.3. The van der Waals surface area contributed by atoms with Crippen LogP contribution in [0.25, 0.3) is 0 Å². The predicted octanol–water partition coefficient (Wildman–Crippen LogP) is 7.22. The van der Waals surface area contributed by atoms with Crippen molar-refractivity contribution in [1.82, 2.24) is 0 Å². The third-order valence-corrected chi connectivity index (χ3v) is 6.71. The summed E-state index contributed by atoms with van der Waals surface area (Å²) >= 11 is 0. The van der Waals surface area contributed by atoms with Crippen LogP contribution in [0.3, 0.4) is 0 Å². The summed E-state index contributed by atoms with van der Waals surface area (Å²) in [5, 5.41) is 0. The lowest BCUT2D eigenvalue weighted by Gasteiger charge is -2.44. The molecule has 0 nitrogen and oxygen atoms in total. The standard InChI is InChI=1S/C24BF20.C3H9Si/c26-5-1(6(27)14(35)21(42)13(5)34)25(2-7(28)15(36)22(43)16(37)8(2)29,3-9(30)17(38)23(44)18(39)10(3)31)4-11(32)19(40)24(45)20(41)12(4)33;1-4(2)3/h;1-3H3/q-1;+1. The minimum atomic E-state index is -7.22. The van der Waals surface area contributed by atoms with Crippen molar-refractivity contribution in [3.8, 4) is 0 Å². The summed E-state index contributed by atoms with van der Waals surface area (Å²) in [6.45, 7) is 6.81. The van der Waals surface area contributed by atoms with Gasteiger partial charge in [-0.05, 0) is 0 Å². The van der Waals surface area contributed by atoms with Crippen LogP contribution >= 0.6 is 0 Å². The van der Waals surface area contributed by atoms with E-state index in [1.54, 1.807) is 0 Å². The van der Waals surface area contributed by atoms with E-state index in [9.17, 15) is 52.7 Å². The van der Waals surface area contributed by atoms with Crippen molar-refractivity contribution in [3.05, 3.63) is 116 Å². The van der Waals surface area contributed by atoms with Crippen molar-refractivity contribution >= 4 is 36.8 Å². The van der Waals surface area contributed by atoms with Crippen molar-refractivity contribution in [2.45, 2.75) is 19.6 Å². The van der Waals surface area contributed by atoms with Crippen molar-refractivity contribution in [2.24, 2.45) is 0 Å². The van der Waals surface area contributed by atoms with Gasteiger partial charge in [0.15, 0.2) is 69.8 Å². The van der Waals surface area contributed by atoms with Crippen LogP contribution in [0.4, 0.5) is 87.8 Å². The van der Waals surface area contributed by atoms with Gasteiger partial charge in [-0.2, -0.15) is 0 Å². The molecule has 4 rings (SSSR count). The van der Waals surface area contributed by atoms with E-state index in [1.807, 2.05) is 0 Å². The van der Waals surface area contributed by atoms with E-state index in [0.29, 0.717) is 0 Å².